The molecule has 0 aliphatic carbocycles. The molecule has 1 aromatic rings. The first-order chi connectivity index (χ1) is 7.24. The van der Waals surface area contributed by atoms with Crippen molar-refractivity contribution in [1.82, 2.24) is 5.32 Å². The molecule has 0 saturated heterocycles. The molecule has 1 amide bonds. The van der Waals surface area contributed by atoms with Gasteiger partial charge in [0.15, 0.2) is 0 Å². The normalized spacial score (nSPS) is 12.4. The van der Waals surface area contributed by atoms with Gasteiger partial charge in [0.1, 0.15) is 5.76 Å². The maximum absolute atomic E-state index is 11.5. The van der Waals surface area contributed by atoms with Crippen LogP contribution in [-0.4, -0.2) is 11.2 Å². The van der Waals surface area contributed by atoms with E-state index in [0.717, 1.165) is 23.9 Å². The molecule has 1 heterocycles. The fourth-order valence-electron chi connectivity index (χ4n) is 1.30. The molecule has 3 nitrogen and oxygen atoms in total. The van der Waals surface area contributed by atoms with Gasteiger partial charge < -0.3 is 9.73 Å². The van der Waals surface area contributed by atoms with Crippen LogP contribution in [0.15, 0.2) is 22.8 Å². The lowest BCUT2D eigenvalue weighted by molar-refractivity contribution is -0.121. The molecule has 0 fully saturated rings. The molecule has 4 heteroatoms. The zero-order valence-corrected chi connectivity index (χ0v) is 10.4. The molecule has 0 radical (unpaired) electrons. The van der Waals surface area contributed by atoms with E-state index in [2.05, 4.69) is 21.2 Å². The average molecular weight is 274 g/mol. The minimum absolute atomic E-state index is 0.0449. The van der Waals surface area contributed by atoms with Gasteiger partial charge in [-0.2, -0.15) is 0 Å². The highest BCUT2D eigenvalue weighted by molar-refractivity contribution is 9.09. The van der Waals surface area contributed by atoms with Gasteiger partial charge in [0.25, 0.3) is 0 Å². The minimum atomic E-state index is -0.0449. The summed E-state index contributed by atoms with van der Waals surface area (Å²) in [4.78, 5) is 11.5. The third kappa shape index (κ3) is 4.51. The Morgan fingerprint density at radius 1 is 1.60 bits per heavy atom. The first kappa shape index (κ1) is 12.3. The Bertz CT molecular complexity index is 285. The molecule has 0 spiro atoms. The second kappa shape index (κ2) is 6.67. The van der Waals surface area contributed by atoms with Crippen LogP contribution in [0, 0.1) is 0 Å². The molecule has 1 atom stereocenters. The first-order valence-electron chi connectivity index (χ1n) is 5.12. The van der Waals surface area contributed by atoms with Gasteiger partial charge in [-0.25, -0.2) is 0 Å². The smallest absolute Gasteiger partial charge is 0.220 e. The van der Waals surface area contributed by atoms with Crippen molar-refractivity contribution in [3.63, 3.8) is 0 Å². The third-order valence-corrected chi connectivity index (χ3v) is 2.70. The largest absolute Gasteiger partial charge is 0.467 e. The summed E-state index contributed by atoms with van der Waals surface area (Å²) in [5, 5.41) is 3.85. The van der Waals surface area contributed by atoms with Gasteiger partial charge >= 0.3 is 0 Å². The van der Waals surface area contributed by atoms with Crippen LogP contribution in [-0.2, 0) is 4.79 Å². The lowest BCUT2D eigenvalue weighted by atomic mass is 10.2. The SMILES string of the molecule is C[C@@H](NC(=O)CCCCBr)c1ccco1. The Hall–Kier alpha value is -0.770. The Balaban J connectivity index is 2.26. The van der Waals surface area contributed by atoms with Crippen molar-refractivity contribution in [2.24, 2.45) is 0 Å². The average Bonchev–Trinajstić information content (AvgIpc) is 2.70. The summed E-state index contributed by atoms with van der Waals surface area (Å²) in [6.07, 6.45) is 4.14. The van der Waals surface area contributed by atoms with Gasteiger partial charge in [0.05, 0.1) is 12.3 Å². The van der Waals surface area contributed by atoms with E-state index in [9.17, 15) is 4.79 Å². The molecule has 0 aromatic carbocycles. The van der Waals surface area contributed by atoms with Crippen LogP contribution >= 0.6 is 15.9 Å². The number of hydrogen-bond donors (Lipinski definition) is 1. The van der Waals surface area contributed by atoms with E-state index in [-0.39, 0.29) is 11.9 Å². The molecular formula is C11H16BrNO2. The number of alkyl halides is 1. The van der Waals surface area contributed by atoms with Crippen molar-refractivity contribution in [3.05, 3.63) is 24.2 Å². The molecule has 1 aromatic heterocycles. The molecule has 0 aliphatic rings. The number of halogens is 1. The molecule has 0 unspecified atom stereocenters. The highest BCUT2D eigenvalue weighted by Crippen LogP contribution is 2.12. The lowest BCUT2D eigenvalue weighted by Gasteiger charge is -2.10. The van der Waals surface area contributed by atoms with Gasteiger partial charge in [-0.1, -0.05) is 15.9 Å². The van der Waals surface area contributed by atoms with Gasteiger partial charge in [0.2, 0.25) is 5.91 Å². The highest BCUT2D eigenvalue weighted by atomic mass is 79.9. The molecule has 1 rings (SSSR count). The Morgan fingerprint density at radius 3 is 3.00 bits per heavy atom. The van der Waals surface area contributed by atoms with Crippen molar-refractivity contribution in [3.8, 4) is 0 Å². The van der Waals surface area contributed by atoms with E-state index >= 15 is 0 Å². The summed E-state index contributed by atoms with van der Waals surface area (Å²) < 4.78 is 5.20. The number of rotatable bonds is 6. The summed E-state index contributed by atoms with van der Waals surface area (Å²) in [5.74, 6) is 0.878. The van der Waals surface area contributed by atoms with Crippen molar-refractivity contribution in [2.45, 2.75) is 32.2 Å². The summed E-state index contributed by atoms with van der Waals surface area (Å²) in [6, 6.07) is 3.64. The van der Waals surface area contributed by atoms with Gasteiger partial charge in [-0.3, -0.25) is 4.79 Å². The second-order valence-electron chi connectivity index (χ2n) is 3.45. The van der Waals surface area contributed by atoms with Crippen LogP contribution in [0.1, 0.15) is 38.0 Å². The summed E-state index contributed by atoms with van der Waals surface area (Å²) >= 11 is 3.34. The number of furan rings is 1. The zero-order chi connectivity index (χ0) is 11.1. The Kier molecular flexibility index (Phi) is 5.47. The topological polar surface area (TPSA) is 42.2 Å². The van der Waals surface area contributed by atoms with Crippen molar-refractivity contribution in [1.29, 1.82) is 0 Å². The van der Waals surface area contributed by atoms with Crippen LogP contribution < -0.4 is 5.32 Å². The fraction of sp³-hybridized carbons (Fsp3) is 0.545. The van der Waals surface area contributed by atoms with Crippen LogP contribution in [0.5, 0.6) is 0 Å². The number of carbonyl (C=O) groups excluding carboxylic acids is 1. The van der Waals surface area contributed by atoms with Crippen LogP contribution in [0.2, 0.25) is 0 Å². The summed E-state index contributed by atoms with van der Waals surface area (Å²) in [5.41, 5.74) is 0. The molecule has 15 heavy (non-hydrogen) atoms. The predicted molar refractivity (Wildman–Crippen MR) is 62.9 cm³/mol. The minimum Gasteiger partial charge on any atom is -0.467 e. The fourth-order valence-corrected chi connectivity index (χ4v) is 1.70. The van der Waals surface area contributed by atoms with Gasteiger partial charge in [0, 0.05) is 11.8 Å². The van der Waals surface area contributed by atoms with Crippen LogP contribution in [0.3, 0.4) is 0 Å². The number of hydrogen-bond acceptors (Lipinski definition) is 2. The number of nitrogens with one attached hydrogen (secondary N) is 1. The monoisotopic (exact) mass is 273 g/mol. The highest BCUT2D eigenvalue weighted by Gasteiger charge is 2.10. The molecule has 0 bridgehead atoms. The van der Waals surface area contributed by atoms with Crippen LogP contribution in [0.4, 0.5) is 0 Å². The van der Waals surface area contributed by atoms with E-state index in [1.165, 1.54) is 0 Å². The van der Waals surface area contributed by atoms with Crippen molar-refractivity contribution < 1.29 is 9.21 Å². The van der Waals surface area contributed by atoms with E-state index in [0.29, 0.717) is 6.42 Å². The predicted octanol–water partition coefficient (Wildman–Crippen LogP) is 3.02. The molecule has 0 saturated carbocycles. The third-order valence-electron chi connectivity index (χ3n) is 2.13. The second-order valence-corrected chi connectivity index (χ2v) is 4.24. The van der Waals surface area contributed by atoms with E-state index < -0.39 is 0 Å². The Labute approximate surface area is 98.4 Å². The van der Waals surface area contributed by atoms with Crippen LogP contribution in [0.25, 0.3) is 0 Å². The molecule has 1 N–H and O–H groups in total. The number of unbranched alkanes of at least 4 members (excludes halogenated alkanes) is 1. The molecular weight excluding hydrogens is 258 g/mol. The van der Waals surface area contributed by atoms with Crippen molar-refractivity contribution in [2.75, 3.05) is 5.33 Å². The maximum atomic E-state index is 11.5. The van der Waals surface area contributed by atoms with E-state index in [4.69, 9.17) is 4.42 Å². The number of amides is 1. The van der Waals surface area contributed by atoms with E-state index in [1.54, 1.807) is 6.26 Å². The van der Waals surface area contributed by atoms with Gasteiger partial charge in [-0.05, 0) is 31.9 Å². The standard InChI is InChI=1S/C11H16BrNO2/c1-9(10-5-4-8-15-10)13-11(14)6-2-3-7-12/h4-5,8-9H,2-3,6-7H2,1H3,(H,13,14)/t9-/m1/s1. The summed E-state index contributed by atoms with van der Waals surface area (Å²) in [7, 11) is 0. The Morgan fingerprint density at radius 2 is 2.40 bits per heavy atom. The maximum Gasteiger partial charge on any atom is 0.220 e. The zero-order valence-electron chi connectivity index (χ0n) is 8.83. The van der Waals surface area contributed by atoms with Gasteiger partial charge in [-0.15, -0.1) is 0 Å². The number of carbonyl (C=O) groups is 1. The van der Waals surface area contributed by atoms with E-state index in [1.807, 2.05) is 19.1 Å². The quantitative estimate of drug-likeness (QED) is 0.640. The summed E-state index contributed by atoms with van der Waals surface area (Å²) in [6.45, 7) is 1.92. The van der Waals surface area contributed by atoms with Crippen molar-refractivity contribution >= 4 is 21.8 Å². The molecule has 84 valence electrons. The lowest BCUT2D eigenvalue weighted by Crippen LogP contribution is -2.25. The first-order valence-corrected chi connectivity index (χ1v) is 6.25. The molecule has 0 aliphatic heterocycles.